The standard InChI is InChI=1S/C24H24BrClN6O2/c25-15-7-12-1-2-13(8-17(12)31-22(15)27)16-3-5-24(10-28-16)9-18(19(33)20(24)34)32-6-4-14-21(26)29-11-30-23(14)32/h1-2,4,6-8,11,16,18-20,28,33-34H,3,5,9-10H2,(H2,27,31). The van der Waals surface area contributed by atoms with Crippen molar-refractivity contribution in [1.29, 1.82) is 0 Å². The van der Waals surface area contributed by atoms with Gasteiger partial charge in [-0.1, -0.05) is 23.7 Å². The lowest BCUT2D eigenvalue weighted by molar-refractivity contribution is -0.0398. The molecule has 3 aromatic heterocycles. The Bertz CT molecular complexity index is 1400. The molecule has 0 amide bonds. The van der Waals surface area contributed by atoms with Crippen LogP contribution in [0.4, 0.5) is 5.82 Å². The molecule has 1 spiro atoms. The molecule has 5 atom stereocenters. The highest BCUT2D eigenvalue weighted by molar-refractivity contribution is 9.10. The first kappa shape index (κ1) is 22.2. The molecule has 6 rings (SSSR count). The van der Waals surface area contributed by atoms with E-state index in [0.717, 1.165) is 39.2 Å². The Kier molecular flexibility index (Phi) is 5.31. The van der Waals surface area contributed by atoms with Crippen LogP contribution < -0.4 is 11.1 Å². The lowest BCUT2D eigenvalue weighted by atomic mass is 9.74. The lowest BCUT2D eigenvalue weighted by Gasteiger charge is -2.40. The van der Waals surface area contributed by atoms with Crippen molar-refractivity contribution in [3.8, 4) is 0 Å². The molecule has 1 aromatic carbocycles. The predicted molar refractivity (Wildman–Crippen MR) is 134 cm³/mol. The van der Waals surface area contributed by atoms with Gasteiger partial charge in [0, 0.05) is 29.6 Å². The van der Waals surface area contributed by atoms with Crippen molar-refractivity contribution in [1.82, 2.24) is 24.8 Å². The number of hydrogen-bond donors (Lipinski definition) is 4. The van der Waals surface area contributed by atoms with E-state index in [4.69, 9.17) is 17.3 Å². The van der Waals surface area contributed by atoms with E-state index in [9.17, 15) is 10.2 Å². The van der Waals surface area contributed by atoms with Gasteiger partial charge in [0.1, 0.15) is 29.0 Å². The first-order valence-corrected chi connectivity index (χ1v) is 12.5. The van der Waals surface area contributed by atoms with Crippen molar-refractivity contribution >= 4 is 55.3 Å². The summed E-state index contributed by atoms with van der Waals surface area (Å²) >= 11 is 9.64. The van der Waals surface area contributed by atoms with Crippen molar-refractivity contribution in [2.75, 3.05) is 12.3 Å². The Balaban J connectivity index is 1.24. The van der Waals surface area contributed by atoms with Gasteiger partial charge >= 0.3 is 0 Å². The number of anilines is 1. The van der Waals surface area contributed by atoms with Crippen LogP contribution in [0.5, 0.6) is 0 Å². The molecule has 1 saturated carbocycles. The van der Waals surface area contributed by atoms with Gasteiger partial charge in [0.25, 0.3) is 0 Å². The Morgan fingerprint density at radius 2 is 2.06 bits per heavy atom. The summed E-state index contributed by atoms with van der Waals surface area (Å²) in [6, 6.07) is 9.93. The van der Waals surface area contributed by atoms with E-state index < -0.39 is 17.6 Å². The smallest absolute Gasteiger partial charge is 0.145 e. The van der Waals surface area contributed by atoms with Crippen molar-refractivity contribution in [2.45, 2.75) is 43.6 Å². The molecule has 8 nitrogen and oxygen atoms in total. The van der Waals surface area contributed by atoms with Gasteiger partial charge < -0.3 is 25.8 Å². The number of nitrogens with two attached hydrogens (primary N) is 1. The summed E-state index contributed by atoms with van der Waals surface area (Å²) in [7, 11) is 0. The topological polar surface area (TPSA) is 122 Å². The van der Waals surface area contributed by atoms with Gasteiger partial charge in [-0.15, -0.1) is 0 Å². The van der Waals surface area contributed by atoms with Crippen LogP contribution in [0.1, 0.15) is 36.9 Å². The fourth-order valence-corrected chi connectivity index (χ4v) is 6.28. The SMILES string of the molecule is Nc1nc2cc(C3CCC4(CN3)CC(n3ccc5c(Cl)ncnc53)C(O)C4O)ccc2cc1Br. The number of nitrogens with zero attached hydrogens (tertiary/aromatic N) is 4. The monoisotopic (exact) mass is 542 g/mol. The van der Waals surface area contributed by atoms with Gasteiger partial charge in [0.2, 0.25) is 0 Å². The third-order valence-electron chi connectivity index (χ3n) is 7.63. The second kappa shape index (κ2) is 8.13. The molecule has 2 aliphatic rings. The van der Waals surface area contributed by atoms with E-state index in [1.165, 1.54) is 6.33 Å². The van der Waals surface area contributed by atoms with Crippen molar-refractivity contribution in [3.63, 3.8) is 0 Å². The Morgan fingerprint density at radius 3 is 2.85 bits per heavy atom. The normalized spacial score (nSPS) is 29.4. The Labute approximate surface area is 209 Å². The zero-order valence-corrected chi connectivity index (χ0v) is 20.5. The molecule has 0 radical (unpaired) electrons. The summed E-state index contributed by atoms with van der Waals surface area (Å²) in [6.07, 6.45) is 3.84. The summed E-state index contributed by atoms with van der Waals surface area (Å²) in [5.41, 5.74) is 8.23. The molecule has 34 heavy (non-hydrogen) atoms. The molecular formula is C24H24BrClN6O2. The maximum Gasteiger partial charge on any atom is 0.145 e. The maximum atomic E-state index is 11.1. The Morgan fingerprint density at radius 1 is 1.21 bits per heavy atom. The predicted octanol–water partition coefficient (Wildman–Crippen LogP) is 3.76. The molecule has 1 aliphatic heterocycles. The molecule has 5 unspecified atom stereocenters. The lowest BCUT2D eigenvalue weighted by Crippen LogP contribution is -2.48. The number of rotatable bonds is 2. The highest BCUT2D eigenvalue weighted by Gasteiger charge is 2.54. The fourth-order valence-electron chi connectivity index (χ4n) is 5.75. The second-order valence-corrected chi connectivity index (χ2v) is 10.7. The number of nitrogen functional groups attached to an aromatic ring is 1. The summed E-state index contributed by atoms with van der Waals surface area (Å²) in [5.74, 6) is 0.471. The first-order valence-electron chi connectivity index (χ1n) is 11.3. The van der Waals surface area contributed by atoms with Crippen LogP contribution in [0.3, 0.4) is 0 Å². The number of piperidine rings is 1. The van der Waals surface area contributed by atoms with Crippen LogP contribution in [-0.4, -0.2) is 48.5 Å². The number of aliphatic hydroxyl groups excluding tert-OH is 2. The average Bonchev–Trinajstić information content (AvgIpc) is 3.36. The van der Waals surface area contributed by atoms with Crippen LogP contribution in [-0.2, 0) is 0 Å². The number of pyridine rings is 1. The molecule has 176 valence electrons. The second-order valence-electron chi connectivity index (χ2n) is 9.47. The number of aromatic nitrogens is 4. The third-order valence-corrected chi connectivity index (χ3v) is 8.57. The number of halogens is 2. The van der Waals surface area contributed by atoms with E-state index in [1.807, 2.05) is 22.9 Å². The van der Waals surface area contributed by atoms with Crippen LogP contribution in [0.2, 0.25) is 5.15 Å². The van der Waals surface area contributed by atoms with E-state index in [1.54, 1.807) is 0 Å². The summed E-state index contributed by atoms with van der Waals surface area (Å²) in [4.78, 5) is 12.9. The number of benzene rings is 1. The zero-order chi connectivity index (χ0) is 23.6. The van der Waals surface area contributed by atoms with E-state index in [2.05, 4.69) is 54.4 Å². The highest BCUT2D eigenvalue weighted by atomic mass is 79.9. The minimum Gasteiger partial charge on any atom is -0.390 e. The molecule has 1 saturated heterocycles. The van der Waals surface area contributed by atoms with Gasteiger partial charge in [-0.3, -0.25) is 0 Å². The van der Waals surface area contributed by atoms with Crippen molar-refractivity contribution in [2.24, 2.45) is 5.41 Å². The number of fused-ring (bicyclic) bond motifs is 2. The average molecular weight is 544 g/mol. The molecular weight excluding hydrogens is 520 g/mol. The molecule has 0 bridgehead atoms. The van der Waals surface area contributed by atoms with Gasteiger partial charge in [-0.2, -0.15) is 0 Å². The molecule has 2 fully saturated rings. The van der Waals surface area contributed by atoms with Gasteiger partial charge in [-0.05, 0) is 59.0 Å². The summed E-state index contributed by atoms with van der Waals surface area (Å²) in [5, 5.41) is 27.9. The molecule has 10 heteroatoms. The number of aliphatic hydroxyl groups is 2. The largest absolute Gasteiger partial charge is 0.390 e. The van der Waals surface area contributed by atoms with Crippen LogP contribution in [0.15, 0.2) is 47.3 Å². The molecule has 4 aromatic rings. The van der Waals surface area contributed by atoms with E-state index >= 15 is 0 Å². The molecule has 5 N–H and O–H groups in total. The van der Waals surface area contributed by atoms with Gasteiger partial charge in [0.15, 0.2) is 0 Å². The molecule has 1 aliphatic carbocycles. The van der Waals surface area contributed by atoms with Gasteiger partial charge in [0.05, 0.1) is 27.5 Å². The third kappa shape index (κ3) is 3.41. The fraction of sp³-hybridized carbons (Fsp3) is 0.375. The molecule has 4 heterocycles. The number of nitrogens with one attached hydrogen (secondary N) is 1. The van der Waals surface area contributed by atoms with E-state index in [-0.39, 0.29) is 12.1 Å². The Hall–Kier alpha value is -2.30. The van der Waals surface area contributed by atoms with Crippen LogP contribution in [0.25, 0.3) is 21.9 Å². The van der Waals surface area contributed by atoms with Crippen LogP contribution in [0, 0.1) is 5.41 Å². The van der Waals surface area contributed by atoms with E-state index in [0.29, 0.717) is 29.6 Å². The maximum absolute atomic E-state index is 11.1. The zero-order valence-electron chi connectivity index (χ0n) is 18.2. The number of hydrogen-bond acceptors (Lipinski definition) is 7. The quantitative estimate of drug-likeness (QED) is 0.284. The van der Waals surface area contributed by atoms with Crippen molar-refractivity contribution < 1.29 is 10.2 Å². The van der Waals surface area contributed by atoms with Gasteiger partial charge in [-0.25, -0.2) is 15.0 Å². The minimum absolute atomic E-state index is 0.143. The highest BCUT2D eigenvalue weighted by Crippen LogP contribution is 2.51. The summed E-state index contributed by atoms with van der Waals surface area (Å²) in [6.45, 7) is 0.606. The van der Waals surface area contributed by atoms with Crippen molar-refractivity contribution in [3.05, 3.63) is 58.0 Å². The summed E-state index contributed by atoms with van der Waals surface area (Å²) < 4.78 is 2.72. The minimum atomic E-state index is -0.894. The van der Waals surface area contributed by atoms with Crippen LogP contribution >= 0.6 is 27.5 Å². The first-order chi connectivity index (χ1) is 16.4.